The van der Waals surface area contributed by atoms with Crippen molar-refractivity contribution in [3.05, 3.63) is 5.89 Å². The summed E-state index contributed by atoms with van der Waals surface area (Å²) in [6, 6.07) is 1.25. The maximum Gasteiger partial charge on any atom is 0.318 e. The summed E-state index contributed by atoms with van der Waals surface area (Å²) in [5.74, 6) is 0.668. The summed E-state index contributed by atoms with van der Waals surface area (Å²) < 4.78 is 5.69. The third-order valence-corrected chi connectivity index (χ3v) is 3.38. The molecule has 0 spiro atoms. The molecule has 1 aliphatic heterocycles. The fourth-order valence-corrected chi connectivity index (χ4v) is 2.44. The molecule has 2 heterocycles. The summed E-state index contributed by atoms with van der Waals surface area (Å²) in [7, 11) is 1.88. The molecule has 2 rings (SSSR count). The van der Waals surface area contributed by atoms with Crippen LogP contribution in [0.4, 0.5) is 6.01 Å². The molecule has 5 heteroatoms. The zero-order chi connectivity index (χ0) is 12.1. The summed E-state index contributed by atoms with van der Waals surface area (Å²) >= 11 is 0. The molecule has 1 aromatic rings. The van der Waals surface area contributed by atoms with Crippen LogP contribution in [0.25, 0.3) is 0 Å². The van der Waals surface area contributed by atoms with E-state index in [0.29, 0.717) is 24.5 Å². The van der Waals surface area contributed by atoms with E-state index in [4.69, 9.17) is 4.42 Å². The fraction of sp³-hybridized carbons (Fsp3) is 0.833. The molecule has 1 atom stereocenters. The van der Waals surface area contributed by atoms with Crippen molar-refractivity contribution in [1.29, 1.82) is 0 Å². The quantitative estimate of drug-likeness (QED) is 0.869. The molecule has 0 aliphatic carbocycles. The molecule has 5 nitrogen and oxygen atoms in total. The van der Waals surface area contributed by atoms with Gasteiger partial charge in [0, 0.05) is 12.6 Å². The Hall–Kier alpha value is -1.10. The number of nitrogens with one attached hydrogen (secondary N) is 1. The van der Waals surface area contributed by atoms with Crippen molar-refractivity contribution in [3.63, 3.8) is 0 Å². The van der Waals surface area contributed by atoms with Crippen molar-refractivity contribution in [2.45, 2.75) is 51.6 Å². The third kappa shape index (κ3) is 2.97. The van der Waals surface area contributed by atoms with Crippen LogP contribution in [0.15, 0.2) is 4.42 Å². The summed E-state index contributed by atoms with van der Waals surface area (Å²) in [6.07, 6.45) is 6.22. The highest BCUT2D eigenvalue weighted by molar-refractivity contribution is 5.26. The Morgan fingerprint density at radius 1 is 1.35 bits per heavy atom. The van der Waals surface area contributed by atoms with Crippen LogP contribution in [-0.2, 0) is 6.54 Å². The van der Waals surface area contributed by atoms with E-state index >= 15 is 0 Å². The van der Waals surface area contributed by atoms with Crippen molar-refractivity contribution < 1.29 is 4.42 Å². The van der Waals surface area contributed by atoms with Crippen LogP contribution in [0, 0.1) is 0 Å². The molecule has 1 aromatic heterocycles. The standard InChI is InChI=1S/C12H22N4O/c1-3-10-7-5-4-6-8-16(10)12-15-14-11(17-12)9-13-2/h10,13H,3-9H2,1-2H3. The average Bonchev–Trinajstić information content (AvgIpc) is 2.66. The zero-order valence-corrected chi connectivity index (χ0v) is 10.8. The molecule has 0 saturated carbocycles. The van der Waals surface area contributed by atoms with Gasteiger partial charge in [-0.05, 0) is 26.3 Å². The first-order chi connectivity index (χ1) is 8.35. The van der Waals surface area contributed by atoms with Gasteiger partial charge in [-0.25, -0.2) is 0 Å². The molecule has 1 unspecified atom stereocenters. The van der Waals surface area contributed by atoms with Gasteiger partial charge >= 0.3 is 6.01 Å². The van der Waals surface area contributed by atoms with Gasteiger partial charge in [-0.2, -0.15) is 0 Å². The van der Waals surface area contributed by atoms with E-state index in [2.05, 4.69) is 27.3 Å². The molecule has 0 aromatic carbocycles. The maximum absolute atomic E-state index is 5.69. The van der Waals surface area contributed by atoms with Crippen LogP contribution >= 0.6 is 0 Å². The Morgan fingerprint density at radius 3 is 3.00 bits per heavy atom. The summed E-state index contributed by atoms with van der Waals surface area (Å²) in [4.78, 5) is 2.29. The monoisotopic (exact) mass is 238 g/mol. The van der Waals surface area contributed by atoms with Gasteiger partial charge in [-0.3, -0.25) is 0 Å². The number of rotatable bonds is 4. The smallest absolute Gasteiger partial charge is 0.318 e. The topological polar surface area (TPSA) is 54.2 Å². The van der Waals surface area contributed by atoms with Gasteiger partial charge in [-0.15, -0.1) is 5.10 Å². The normalized spacial score (nSPS) is 21.5. The molecule has 0 bridgehead atoms. The SMILES string of the molecule is CCC1CCCCCN1c1nnc(CNC)o1. The second kappa shape index (κ2) is 6.00. The van der Waals surface area contributed by atoms with Crippen LogP contribution in [0.2, 0.25) is 0 Å². The number of anilines is 1. The van der Waals surface area contributed by atoms with Gasteiger partial charge < -0.3 is 14.6 Å². The van der Waals surface area contributed by atoms with Gasteiger partial charge in [0.1, 0.15) is 0 Å². The second-order valence-electron chi connectivity index (χ2n) is 4.61. The van der Waals surface area contributed by atoms with Crippen molar-refractivity contribution in [3.8, 4) is 0 Å². The van der Waals surface area contributed by atoms with E-state index in [0.717, 1.165) is 13.0 Å². The minimum absolute atomic E-state index is 0.556. The number of nitrogens with zero attached hydrogens (tertiary/aromatic N) is 3. The van der Waals surface area contributed by atoms with Crippen LogP contribution in [-0.4, -0.2) is 29.8 Å². The van der Waals surface area contributed by atoms with E-state index in [-0.39, 0.29) is 0 Å². The molecular weight excluding hydrogens is 216 g/mol. The Kier molecular flexibility index (Phi) is 4.36. The van der Waals surface area contributed by atoms with E-state index in [1.54, 1.807) is 0 Å². The molecule has 1 fully saturated rings. The van der Waals surface area contributed by atoms with Gasteiger partial charge in [-0.1, -0.05) is 24.9 Å². The summed E-state index contributed by atoms with van der Waals surface area (Å²) in [5, 5.41) is 11.3. The van der Waals surface area contributed by atoms with Gasteiger partial charge in [0.05, 0.1) is 6.54 Å². The third-order valence-electron chi connectivity index (χ3n) is 3.38. The van der Waals surface area contributed by atoms with Crippen molar-refractivity contribution >= 4 is 6.01 Å². The zero-order valence-electron chi connectivity index (χ0n) is 10.8. The Labute approximate surface area is 103 Å². The number of aromatic nitrogens is 2. The average molecular weight is 238 g/mol. The number of hydrogen-bond donors (Lipinski definition) is 1. The largest absolute Gasteiger partial charge is 0.407 e. The van der Waals surface area contributed by atoms with Crippen molar-refractivity contribution in [2.24, 2.45) is 0 Å². The molecule has 1 saturated heterocycles. The lowest BCUT2D eigenvalue weighted by Crippen LogP contribution is -2.34. The molecule has 0 amide bonds. The second-order valence-corrected chi connectivity index (χ2v) is 4.61. The minimum Gasteiger partial charge on any atom is -0.407 e. The van der Waals surface area contributed by atoms with Crippen LogP contribution in [0.3, 0.4) is 0 Å². The Morgan fingerprint density at radius 2 is 2.24 bits per heavy atom. The highest BCUT2D eigenvalue weighted by Gasteiger charge is 2.23. The summed E-state index contributed by atoms with van der Waals surface area (Å²) in [6.45, 7) is 3.91. The highest BCUT2D eigenvalue weighted by Crippen LogP contribution is 2.24. The summed E-state index contributed by atoms with van der Waals surface area (Å²) in [5.41, 5.74) is 0. The lowest BCUT2D eigenvalue weighted by atomic mass is 10.1. The van der Waals surface area contributed by atoms with Crippen molar-refractivity contribution in [1.82, 2.24) is 15.5 Å². The number of hydrogen-bond acceptors (Lipinski definition) is 5. The van der Waals surface area contributed by atoms with E-state index in [1.165, 1.54) is 25.7 Å². The van der Waals surface area contributed by atoms with Crippen LogP contribution < -0.4 is 10.2 Å². The molecule has 1 N–H and O–H groups in total. The van der Waals surface area contributed by atoms with Crippen molar-refractivity contribution in [2.75, 3.05) is 18.5 Å². The van der Waals surface area contributed by atoms with E-state index < -0.39 is 0 Å². The Balaban J connectivity index is 2.10. The molecule has 17 heavy (non-hydrogen) atoms. The lowest BCUT2D eigenvalue weighted by molar-refractivity contribution is 0.445. The maximum atomic E-state index is 5.69. The van der Waals surface area contributed by atoms with E-state index in [9.17, 15) is 0 Å². The van der Waals surface area contributed by atoms with Gasteiger partial charge in [0.25, 0.3) is 0 Å². The molecular formula is C12H22N4O. The van der Waals surface area contributed by atoms with Gasteiger partial charge in [0.2, 0.25) is 5.89 Å². The van der Waals surface area contributed by atoms with E-state index in [1.807, 2.05) is 7.05 Å². The first kappa shape index (κ1) is 12.4. The fourth-order valence-electron chi connectivity index (χ4n) is 2.44. The van der Waals surface area contributed by atoms with Gasteiger partial charge in [0.15, 0.2) is 0 Å². The molecule has 1 aliphatic rings. The minimum atomic E-state index is 0.556. The molecule has 96 valence electrons. The van der Waals surface area contributed by atoms with Crippen LogP contribution in [0.1, 0.15) is 44.9 Å². The predicted molar refractivity (Wildman–Crippen MR) is 67.0 cm³/mol. The first-order valence-corrected chi connectivity index (χ1v) is 6.58. The van der Waals surface area contributed by atoms with Crippen LogP contribution in [0.5, 0.6) is 0 Å². The predicted octanol–water partition coefficient (Wildman–Crippen LogP) is 1.95. The first-order valence-electron chi connectivity index (χ1n) is 6.58. The highest BCUT2D eigenvalue weighted by atomic mass is 16.4. The molecule has 0 radical (unpaired) electrons. The lowest BCUT2D eigenvalue weighted by Gasteiger charge is -2.26. The Bertz CT molecular complexity index is 339.